The molecule has 23 heavy (non-hydrogen) atoms. The first-order valence-electron chi connectivity index (χ1n) is 8.08. The maximum atomic E-state index is 12.5. The molecule has 1 atom stereocenters. The normalized spacial score (nSPS) is 12.3. The van der Waals surface area contributed by atoms with Gasteiger partial charge in [-0.05, 0) is 48.1 Å². The number of fused-ring (bicyclic) bond motifs is 1. The van der Waals surface area contributed by atoms with Gasteiger partial charge in [-0.25, -0.2) is 0 Å². The number of hydrogen-bond acceptors (Lipinski definition) is 1. The van der Waals surface area contributed by atoms with Crippen molar-refractivity contribution < 1.29 is 4.79 Å². The molecule has 0 unspecified atom stereocenters. The molecule has 1 aromatic heterocycles. The Hall–Kier alpha value is -2.55. The topological polar surface area (TPSA) is 44.9 Å². The Bertz CT molecular complexity index is 805. The zero-order valence-electron chi connectivity index (χ0n) is 13.6. The molecule has 0 spiro atoms. The van der Waals surface area contributed by atoms with E-state index >= 15 is 0 Å². The summed E-state index contributed by atoms with van der Waals surface area (Å²) in [6.45, 7) is 4.65. The van der Waals surface area contributed by atoms with Crippen molar-refractivity contribution in [2.45, 2.75) is 32.7 Å². The zero-order valence-corrected chi connectivity index (χ0v) is 13.6. The molecule has 1 heterocycles. The Morgan fingerprint density at radius 2 is 1.91 bits per heavy atom. The van der Waals surface area contributed by atoms with Crippen molar-refractivity contribution in [2.75, 3.05) is 0 Å². The Morgan fingerprint density at radius 3 is 2.65 bits per heavy atom. The van der Waals surface area contributed by atoms with Gasteiger partial charge in [0.2, 0.25) is 5.91 Å². The SMILES string of the molecule is CC[C@H](C(=O)NCc1ccc2[nH]c(C)cc2c1)c1ccccc1. The highest BCUT2D eigenvalue weighted by atomic mass is 16.1. The number of carbonyl (C=O) groups excluding carboxylic acids is 1. The molecule has 0 aliphatic heterocycles. The fourth-order valence-electron chi connectivity index (χ4n) is 3.01. The van der Waals surface area contributed by atoms with E-state index < -0.39 is 0 Å². The summed E-state index contributed by atoms with van der Waals surface area (Å²) in [4.78, 5) is 15.8. The fourth-order valence-corrected chi connectivity index (χ4v) is 3.01. The smallest absolute Gasteiger partial charge is 0.227 e. The standard InChI is InChI=1S/C20H22N2O/c1-3-18(16-7-5-4-6-8-16)20(23)21-13-15-9-10-19-17(12-15)11-14(2)22-19/h4-12,18,22H,3,13H2,1-2H3,(H,21,23)/t18-/m0/s1. The van der Waals surface area contributed by atoms with Gasteiger partial charge in [0.1, 0.15) is 0 Å². The zero-order chi connectivity index (χ0) is 16.2. The minimum absolute atomic E-state index is 0.0871. The van der Waals surface area contributed by atoms with Crippen molar-refractivity contribution >= 4 is 16.8 Å². The summed E-state index contributed by atoms with van der Waals surface area (Å²) >= 11 is 0. The van der Waals surface area contributed by atoms with E-state index in [1.54, 1.807) is 0 Å². The first-order valence-corrected chi connectivity index (χ1v) is 8.08. The lowest BCUT2D eigenvalue weighted by atomic mass is 9.95. The molecule has 0 bridgehead atoms. The monoisotopic (exact) mass is 306 g/mol. The van der Waals surface area contributed by atoms with E-state index in [2.05, 4.69) is 34.6 Å². The van der Waals surface area contributed by atoms with Crippen LogP contribution in [0.25, 0.3) is 10.9 Å². The van der Waals surface area contributed by atoms with Crippen LogP contribution in [0.4, 0.5) is 0 Å². The van der Waals surface area contributed by atoms with Crippen LogP contribution in [0.15, 0.2) is 54.6 Å². The summed E-state index contributed by atoms with van der Waals surface area (Å²) in [5.41, 5.74) is 4.47. The van der Waals surface area contributed by atoms with Gasteiger partial charge in [-0.3, -0.25) is 4.79 Å². The predicted octanol–water partition coefficient (Wildman–Crippen LogP) is 4.29. The Kier molecular flexibility index (Phi) is 4.47. The number of aromatic amines is 1. The van der Waals surface area contributed by atoms with Gasteiger partial charge in [0.25, 0.3) is 0 Å². The molecule has 3 nitrogen and oxygen atoms in total. The molecule has 1 amide bonds. The third-order valence-electron chi connectivity index (χ3n) is 4.21. The van der Waals surface area contributed by atoms with Gasteiger partial charge < -0.3 is 10.3 Å². The van der Waals surface area contributed by atoms with E-state index in [9.17, 15) is 4.79 Å². The van der Waals surface area contributed by atoms with Crippen molar-refractivity contribution in [3.8, 4) is 0 Å². The van der Waals surface area contributed by atoms with Crippen LogP contribution < -0.4 is 5.32 Å². The maximum absolute atomic E-state index is 12.5. The Morgan fingerprint density at radius 1 is 1.13 bits per heavy atom. The Balaban J connectivity index is 1.69. The third kappa shape index (κ3) is 3.45. The lowest BCUT2D eigenvalue weighted by molar-refractivity contribution is -0.122. The van der Waals surface area contributed by atoms with Crippen LogP contribution in [0.3, 0.4) is 0 Å². The van der Waals surface area contributed by atoms with Crippen molar-refractivity contribution in [3.05, 3.63) is 71.4 Å². The van der Waals surface area contributed by atoms with Crippen molar-refractivity contribution in [1.29, 1.82) is 0 Å². The van der Waals surface area contributed by atoms with Gasteiger partial charge in [-0.2, -0.15) is 0 Å². The minimum Gasteiger partial charge on any atom is -0.359 e. The molecule has 0 aliphatic carbocycles. The molecule has 3 heteroatoms. The number of nitrogens with one attached hydrogen (secondary N) is 2. The summed E-state index contributed by atoms with van der Waals surface area (Å²) in [6.07, 6.45) is 0.798. The molecule has 3 rings (SSSR count). The largest absolute Gasteiger partial charge is 0.359 e. The highest BCUT2D eigenvalue weighted by Gasteiger charge is 2.17. The van der Waals surface area contributed by atoms with Gasteiger partial charge in [-0.15, -0.1) is 0 Å². The first kappa shape index (κ1) is 15.3. The predicted molar refractivity (Wildman–Crippen MR) is 94.4 cm³/mol. The lowest BCUT2D eigenvalue weighted by Crippen LogP contribution is -2.28. The summed E-state index contributed by atoms with van der Waals surface area (Å²) in [7, 11) is 0. The molecule has 0 aliphatic rings. The molecule has 0 saturated heterocycles. The molecule has 0 fully saturated rings. The summed E-state index contributed by atoms with van der Waals surface area (Å²) in [5.74, 6) is -0.00141. The van der Waals surface area contributed by atoms with Crippen LogP contribution in [-0.2, 0) is 11.3 Å². The molecular weight excluding hydrogens is 284 g/mol. The molecule has 3 aromatic rings. The first-order chi connectivity index (χ1) is 11.2. The van der Waals surface area contributed by atoms with Gasteiger partial charge in [0, 0.05) is 17.8 Å². The summed E-state index contributed by atoms with van der Waals surface area (Å²) < 4.78 is 0. The van der Waals surface area contributed by atoms with Gasteiger partial charge in [0.15, 0.2) is 0 Å². The Labute approximate surface area is 136 Å². The van der Waals surface area contributed by atoms with Gasteiger partial charge >= 0.3 is 0 Å². The van der Waals surface area contributed by atoms with Gasteiger partial charge in [0.05, 0.1) is 5.92 Å². The second-order valence-electron chi connectivity index (χ2n) is 5.96. The molecule has 0 radical (unpaired) electrons. The van der Waals surface area contributed by atoms with E-state index in [1.807, 2.05) is 44.2 Å². The van der Waals surface area contributed by atoms with Crippen LogP contribution in [-0.4, -0.2) is 10.9 Å². The minimum atomic E-state index is -0.0885. The van der Waals surface area contributed by atoms with Crippen molar-refractivity contribution in [3.63, 3.8) is 0 Å². The van der Waals surface area contributed by atoms with E-state index in [0.29, 0.717) is 6.54 Å². The second-order valence-corrected chi connectivity index (χ2v) is 5.96. The molecular formula is C20H22N2O. The fraction of sp³-hybridized carbons (Fsp3) is 0.250. The van der Waals surface area contributed by atoms with Crippen LogP contribution >= 0.6 is 0 Å². The van der Waals surface area contributed by atoms with Crippen LogP contribution in [0.5, 0.6) is 0 Å². The molecule has 0 saturated carbocycles. The van der Waals surface area contributed by atoms with E-state index in [4.69, 9.17) is 0 Å². The number of benzene rings is 2. The van der Waals surface area contributed by atoms with E-state index in [1.165, 1.54) is 5.39 Å². The average molecular weight is 306 g/mol. The number of carbonyl (C=O) groups is 1. The van der Waals surface area contributed by atoms with Crippen LogP contribution in [0, 0.1) is 6.92 Å². The number of aromatic nitrogens is 1. The quantitative estimate of drug-likeness (QED) is 0.726. The molecule has 118 valence electrons. The van der Waals surface area contributed by atoms with Crippen LogP contribution in [0.1, 0.15) is 36.1 Å². The van der Waals surface area contributed by atoms with Crippen molar-refractivity contribution in [1.82, 2.24) is 10.3 Å². The maximum Gasteiger partial charge on any atom is 0.227 e. The van der Waals surface area contributed by atoms with Crippen LogP contribution in [0.2, 0.25) is 0 Å². The number of hydrogen-bond donors (Lipinski definition) is 2. The highest BCUT2D eigenvalue weighted by molar-refractivity contribution is 5.84. The molecule has 2 N–H and O–H groups in total. The average Bonchev–Trinajstić information content (AvgIpc) is 2.94. The number of rotatable bonds is 5. The van der Waals surface area contributed by atoms with E-state index in [0.717, 1.165) is 28.8 Å². The molecule has 2 aromatic carbocycles. The van der Waals surface area contributed by atoms with Gasteiger partial charge in [-0.1, -0.05) is 43.3 Å². The number of H-pyrrole nitrogens is 1. The summed E-state index contributed by atoms with van der Waals surface area (Å²) in [5, 5.41) is 4.26. The lowest BCUT2D eigenvalue weighted by Gasteiger charge is -2.15. The number of amides is 1. The summed E-state index contributed by atoms with van der Waals surface area (Å²) in [6, 6.07) is 18.3. The number of aryl methyl sites for hydroxylation is 1. The van der Waals surface area contributed by atoms with Crippen molar-refractivity contribution in [2.24, 2.45) is 0 Å². The highest BCUT2D eigenvalue weighted by Crippen LogP contribution is 2.20. The third-order valence-corrected chi connectivity index (χ3v) is 4.21. The second kappa shape index (κ2) is 6.69. The van der Waals surface area contributed by atoms with E-state index in [-0.39, 0.29) is 11.8 Å².